The third-order valence-corrected chi connectivity index (χ3v) is 6.40. The first-order chi connectivity index (χ1) is 16.7. The Morgan fingerprint density at radius 2 is 1.71 bits per heavy atom. The second-order valence-electron chi connectivity index (χ2n) is 7.71. The minimum atomic E-state index is -4.43. The summed E-state index contributed by atoms with van der Waals surface area (Å²) in [5.41, 5.74) is 1.18. The van der Waals surface area contributed by atoms with Gasteiger partial charge in [0.2, 0.25) is 5.91 Å². The van der Waals surface area contributed by atoms with Crippen molar-refractivity contribution in [3.05, 3.63) is 94.4 Å². The minimum absolute atomic E-state index is 0.198. The molecule has 3 aromatic carbocycles. The summed E-state index contributed by atoms with van der Waals surface area (Å²) in [5, 5.41) is 2.81. The maximum absolute atomic E-state index is 13.3. The second-order valence-corrected chi connectivity index (χ2v) is 8.80. The number of alkyl halides is 3. The first kappa shape index (κ1) is 24.4. The first-order valence-electron chi connectivity index (χ1n) is 10.6. The van der Waals surface area contributed by atoms with E-state index in [-0.39, 0.29) is 19.0 Å². The standard InChI is InChI=1S/C26H21F3N2O3S/c1-34-20-12-8-18(9-13-20)15-30-24(32)16-31-21-4-2-3-5-22(21)35-23(25(31)33)14-17-6-10-19(11-7-17)26(27,28)29/h2-14H,15-16H2,1H3,(H,30,32). The quantitative estimate of drug-likeness (QED) is 0.456. The lowest BCUT2D eigenvalue weighted by molar-refractivity contribution is -0.137. The Morgan fingerprint density at radius 1 is 1.03 bits per heavy atom. The van der Waals surface area contributed by atoms with Crippen molar-refractivity contribution in [2.45, 2.75) is 17.6 Å². The van der Waals surface area contributed by atoms with Crippen LogP contribution in [0.1, 0.15) is 16.7 Å². The van der Waals surface area contributed by atoms with Crippen molar-refractivity contribution in [1.82, 2.24) is 5.32 Å². The summed E-state index contributed by atoms with van der Waals surface area (Å²) >= 11 is 1.22. The second kappa shape index (κ2) is 10.3. The number of carbonyl (C=O) groups is 2. The molecule has 0 radical (unpaired) electrons. The van der Waals surface area contributed by atoms with E-state index >= 15 is 0 Å². The maximum Gasteiger partial charge on any atom is 0.416 e. The summed E-state index contributed by atoms with van der Waals surface area (Å²) in [5.74, 6) is -0.0293. The summed E-state index contributed by atoms with van der Waals surface area (Å²) in [4.78, 5) is 28.4. The molecule has 180 valence electrons. The molecule has 1 aliphatic rings. The first-order valence-corrected chi connectivity index (χ1v) is 11.4. The molecule has 0 saturated carbocycles. The van der Waals surface area contributed by atoms with Gasteiger partial charge < -0.3 is 10.1 Å². The third kappa shape index (κ3) is 5.86. The van der Waals surface area contributed by atoms with E-state index in [4.69, 9.17) is 4.74 Å². The molecule has 4 rings (SSSR count). The predicted octanol–water partition coefficient (Wildman–Crippen LogP) is 5.51. The van der Waals surface area contributed by atoms with Gasteiger partial charge in [-0.1, -0.05) is 48.2 Å². The molecule has 0 saturated heterocycles. The smallest absolute Gasteiger partial charge is 0.416 e. The van der Waals surface area contributed by atoms with E-state index in [2.05, 4.69) is 5.32 Å². The fourth-order valence-electron chi connectivity index (χ4n) is 3.48. The van der Waals surface area contributed by atoms with Gasteiger partial charge in [0.25, 0.3) is 5.91 Å². The third-order valence-electron chi connectivity index (χ3n) is 5.32. The van der Waals surface area contributed by atoms with Crippen molar-refractivity contribution >= 4 is 35.3 Å². The number of nitrogens with one attached hydrogen (secondary N) is 1. The number of hydrogen-bond donors (Lipinski definition) is 1. The summed E-state index contributed by atoms with van der Waals surface area (Å²) in [7, 11) is 1.57. The monoisotopic (exact) mass is 498 g/mol. The van der Waals surface area contributed by atoms with Crippen LogP contribution in [0.4, 0.5) is 18.9 Å². The van der Waals surface area contributed by atoms with Gasteiger partial charge in [0.05, 0.1) is 23.3 Å². The zero-order chi connectivity index (χ0) is 25.0. The Hall–Kier alpha value is -3.72. The van der Waals surface area contributed by atoms with Crippen LogP contribution in [0.3, 0.4) is 0 Å². The van der Waals surface area contributed by atoms with Crippen LogP contribution in [0.15, 0.2) is 82.6 Å². The van der Waals surface area contributed by atoms with E-state index in [1.54, 1.807) is 31.4 Å². The number of fused-ring (bicyclic) bond motifs is 1. The number of halogens is 3. The number of amides is 2. The highest BCUT2D eigenvalue weighted by Crippen LogP contribution is 2.42. The summed E-state index contributed by atoms with van der Waals surface area (Å²) in [6, 6.07) is 19.0. The average Bonchev–Trinajstić information content (AvgIpc) is 2.85. The highest BCUT2D eigenvalue weighted by Gasteiger charge is 2.31. The molecule has 35 heavy (non-hydrogen) atoms. The Kier molecular flexibility index (Phi) is 7.16. The topological polar surface area (TPSA) is 58.6 Å². The van der Waals surface area contributed by atoms with Gasteiger partial charge in [0.1, 0.15) is 12.3 Å². The van der Waals surface area contributed by atoms with Crippen molar-refractivity contribution in [3.63, 3.8) is 0 Å². The number of thioether (sulfide) groups is 1. The van der Waals surface area contributed by atoms with Crippen LogP contribution >= 0.6 is 11.8 Å². The Labute approximate surface area is 204 Å². The maximum atomic E-state index is 13.3. The molecule has 0 aromatic heterocycles. The molecular weight excluding hydrogens is 477 g/mol. The predicted molar refractivity (Wildman–Crippen MR) is 129 cm³/mol. The van der Waals surface area contributed by atoms with Gasteiger partial charge in [0.15, 0.2) is 0 Å². The van der Waals surface area contributed by atoms with E-state index in [0.717, 1.165) is 22.6 Å². The Morgan fingerprint density at radius 3 is 2.37 bits per heavy atom. The highest BCUT2D eigenvalue weighted by atomic mass is 32.2. The van der Waals surface area contributed by atoms with Crippen molar-refractivity contribution in [1.29, 1.82) is 0 Å². The number of nitrogens with zero attached hydrogens (tertiary/aromatic N) is 1. The zero-order valence-corrected chi connectivity index (χ0v) is 19.5. The molecule has 0 unspecified atom stereocenters. The number of carbonyl (C=O) groups excluding carboxylic acids is 2. The van der Waals surface area contributed by atoms with Crippen LogP contribution in [0.25, 0.3) is 6.08 Å². The van der Waals surface area contributed by atoms with Crippen molar-refractivity contribution in [2.75, 3.05) is 18.6 Å². The number of ether oxygens (including phenoxy) is 1. The largest absolute Gasteiger partial charge is 0.497 e. The van der Waals surface area contributed by atoms with Gasteiger partial charge in [-0.2, -0.15) is 13.2 Å². The molecule has 1 N–H and O–H groups in total. The van der Waals surface area contributed by atoms with Crippen molar-refractivity contribution in [2.24, 2.45) is 0 Å². The van der Waals surface area contributed by atoms with Crippen LogP contribution in [0, 0.1) is 0 Å². The van der Waals surface area contributed by atoms with Gasteiger partial charge in [-0.25, -0.2) is 0 Å². The lowest BCUT2D eigenvalue weighted by atomic mass is 10.1. The molecule has 2 amide bonds. The molecule has 0 spiro atoms. The molecule has 9 heteroatoms. The Balaban J connectivity index is 1.51. The van der Waals surface area contributed by atoms with E-state index in [1.165, 1.54) is 34.9 Å². The molecule has 0 aliphatic carbocycles. The zero-order valence-electron chi connectivity index (χ0n) is 18.6. The lowest BCUT2D eigenvalue weighted by Gasteiger charge is -2.29. The van der Waals surface area contributed by atoms with E-state index < -0.39 is 17.6 Å². The Bertz CT molecular complexity index is 1260. The van der Waals surface area contributed by atoms with Crippen LogP contribution in [-0.2, 0) is 22.3 Å². The normalized spacial score (nSPS) is 14.6. The SMILES string of the molecule is COc1ccc(CNC(=O)CN2C(=O)C(=Cc3ccc(C(F)(F)F)cc3)Sc3ccccc32)cc1. The van der Waals surface area contributed by atoms with Crippen LogP contribution in [0.2, 0.25) is 0 Å². The lowest BCUT2D eigenvalue weighted by Crippen LogP contribution is -2.42. The number of para-hydroxylation sites is 1. The fraction of sp³-hybridized carbons (Fsp3) is 0.154. The summed E-state index contributed by atoms with van der Waals surface area (Å²) in [6.45, 7) is 0.0897. The van der Waals surface area contributed by atoms with E-state index in [0.29, 0.717) is 21.9 Å². The molecule has 5 nitrogen and oxygen atoms in total. The number of benzene rings is 3. The number of anilines is 1. The highest BCUT2D eigenvalue weighted by molar-refractivity contribution is 8.04. The van der Waals surface area contributed by atoms with Crippen molar-refractivity contribution in [3.8, 4) is 5.75 Å². The molecule has 1 heterocycles. The van der Waals surface area contributed by atoms with Gasteiger partial charge in [-0.05, 0) is 53.6 Å². The molecule has 0 atom stereocenters. The average molecular weight is 499 g/mol. The number of hydrogen-bond acceptors (Lipinski definition) is 4. The van der Waals surface area contributed by atoms with E-state index in [9.17, 15) is 22.8 Å². The van der Waals surface area contributed by atoms with Gasteiger partial charge in [-0.3, -0.25) is 14.5 Å². The van der Waals surface area contributed by atoms with Crippen molar-refractivity contribution < 1.29 is 27.5 Å². The molecular formula is C26H21F3N2O3S. The molecule has 3 aromatic rings. The van der Waals surface area contributed by atoms with E-state index in [1.807, 2.05) is 24.3 Å². The van der Waals surface area contributed by atoms with Crippen LogP contribution in [0.5, 0.6) is 5.75 Å². The van der Waals surface area contributed by atoms with Gasteiger partial charge in [0, 0.05) is 11.4 Å². The number of methoxy groups -OCH3 is 1. The minimum Gasteiger partial charge on any atom is -0.497 e. The number of rotatable bonds is 6. The fourth-order valence-corrected chi connectivity index (χ4v) is 4.54. The van der Waals surface area contributed by atoms with Gasteiger partial charge >= 0.3 is 6.18 Å². The van der Waals surface area contributed by atoms with Crippen LogP contribution < -0.4 is 15.0 Å². The molecule has 1 aliphatic heterocycles. The van der Waals surface area contributed by atoms with Crippen LogP contribution in [-0.4, -0.2) is 25.5 Å². The van der Waals surface area contributed by atoms with Gasteiger partial charge in [-0.15, -0.1) is 0 Å². The summed E-state index contributed by atoms with van der Waals surface area (Å²) in [6.07, 6.45) is -2.90. The molecule has 0 bridgehead atoms. The summed E-state index contributed by atoms with van der Waals surface area (Å²) < 4.78 is 43.7. The molecule has 0 fully saturated rings.